The number of thioether (sulfide) groups is 1. The molecule has 0 bridgehead atoms. The molecule has 0 unspecified atom stereocenters. The Labute approximate surface area is 190 Å². The Morgan fingerprint density at radius 3 is 2.75 bits per heavy atom. The molecule has 4 rings (SSSR count). The van der Waals surface area contributed by atoms with Crippen LogP contribution < -0.4 is 10.1 Å². The number of benzene rings is 2. The Morgan fingerprint density at radius 2 is 1.97 bits per heavy atom. The molecule has 0 spiro atoms. The van der Waals surface area contributed by atoms with Gasteiger partial charge in [0.05, 0.1) is 23.9 Å². The van der Waals surface area contributed by atoms with Gasteiger partial charge in [-0.05, 0) is 49.1 Å². The van der Waals surface area contributed by atoms with Crippen LogP contribution in [-0.4, -0.2) is 35.2 Å². The van der Waals surface area contributed by atoms with Crippen LogP contribution in [0.5, 0.6) is 5.75 Å². The van der Waals surface area contributed by atoms with E-state index < -0.39 is 12.0 Å². The number of nitrogens with zero attached hydrogens (tertiary/aromatic N) is 2. The smallest absolute Gasteiger partial charge is 0.338 e. The van der Waals surface area contributed by atoms with E-state index in [4.69, 9.17) is 9.47 Å². The predicted molar refractivity (Wildman–Crippen MR) is 125 cm³/mol. The van der Waals surface area contributed by atoms with Crippen molar-refractivity contribution in [3.63, 3.8) is 0 Å². The molecular weight excluding hydrogens is 426 g/mol. The van der Waals surface area contributed by atoms with Crippen molar-refractivity contribution in [1.82, 2.24) is 4.90 Å². The molecule has 32 heavy (non-hydrogen) atoms. The highest BCUT2D eigenvalue weighted by Gasteiger charge is 2.37. The van der Waals surface area contributed by atoms with Gasteiger partial charge in [-0.25, -0.2) is 9.79 Å². The molecule has 2 aromatic rings. The van der Waals surface area contributed by atoms with E-state index in [9.17, 15) is 9.59 Å². The minimum atomic E-state index is -0.394. The zero-order valence-electron chi connectivity index (χ0n) is 17.8. The monoisotopic (exact) mass is 449 g/mol. The number of carbonyl (C=O) groups is 2. The largest absolute Gasteiger partial charge is 0.484 e. The number of hydrogen-bond donors (Lipinski definition) is 1. The van der Waals surface area contributed by atoms with Crippen molar-refractivity contribution in [2.24, 2.45) is 4.99 Å². The quantitative estimate of drug-likeness (QED) is 0.628. The lowest BCUT2D eigenvalue weighted by atomic mass is 9.94. The summed E-state index contributed by atoms with van der Waals surface area (Å²) in [5, 5.41) is 5.53. The fourth-order valence-electron chi connectivity index (χ4n) is 3.54. The normalized spacial score (nSPS) is 17.0. The Kier molecular flexibility index (Phi) is 6.61. The van der Waals surface area contributed by atoms with Gasteiger partial charge in [-0.1, -0.05) is 42.1 Å². The average molecular weight is 450 g/mol. The summed E-state index contributed by atoms with van der Waals surface area (Å²) in [6, 6.07) is 16.2. The third-order valence-corrected chi connectivity index (χ3v) is 5.69. The van der Waals surface area contributed by atoms with Gasteiger partial charge in [0.15, 0.2) is 11.8 Å². The average Bonchev–Trinajstić information content (AvgIpc) is 3.26. The highest BCUT2D eigenvalue weighted by atomic mass is 32.2. The number of ether oxygens (including phenoxy) is 2. The van der Waals surface area contributed by atoms with Gasteiger partial charge >= 0.3 is 5.97 Å². The minimum absolute atomic E-state index is 0.130. The molecule has 0 aliphatic carbocycles. The number of anilines is 1. The number of amides is 1. The predicted octanol–water partition coefficient (Wildman–Crippen LogP) is 4.47. The molecule has 0 fully saturated rings. The maximum Gasteiger partial charge on any atom is 0.338 e. The van der Waals surface area contributed by atoms with Gasteiger partial charge < -0.3 is 19.7 Å². The summed E-state index contributed by atoms with van der Waals surface area (Å²) in [5.74, 6) is -0.112. The van der Waals surface area contributed by atoms with E-state index in [1.807, 2.05) is 72.0 Å². The third kappa shape index (κ3) is 4.70. The first-order chi connectivity index (χ1) is 15.6. The molecule has 1 N–H and O–H groups in total. The maximum absolute atomic E-state index is 12.8. The van der Waals surface area contributed by atoms with Crippen LogP contribution in [0.1, 0.15) is 25.5 Å². The number of amidine groups is 1. The topological polar surface area (TPSA) is 80.2 Å². The Morgan fingerprint density at radius 1 is 1.16 bits per heavy atom. The van der Waals surface area contributed by atoms with E-state index >= 15 is 0 Å². The van der Waals surface area contributed by atoms with Crippen molar-refractivity contribution in [2.45, 2.75) is 19.9 Å². The van der Waals surface area contributed by atoms with Crippen LogP contribution >= 0.6 is 11.8 Å². The molecule has 1 amide bonds. The van der Waals surface area contributed by atoms with E-state index in [-0.39, 0.29) is 19.1 Å². The van der Waals surface area contributed by atoms with E-state index in [0.29, 0.717) is 22.7 Å². The van der Waals surface area contributed by atoms with Crippen LogP contribution in [0.2, 0.25) is 0 Å². The van der Waals surface area contributed by atoms with Crippen LogP contribution in [0.4, 0.5) is 5.69 Å². The number of fused-ring (bicyclic) bond motifs is 1. The number of hydrogen-bond acceptors (Lipinski definition) is 7. The highest BCUT2D eigenvalue weighted by Crippen LogP contribution is 2.41. The summed E-state index contributed by atoms with van der Waals surface area (Å²) < 4.78 is 11.0. The molecule has 0 saturated heterocycles. The molecule has 0 aromatic heterocycles. The molecule has 2 aliphatic heterocycles. The minimum Gasteiger partial charge on any atom is -0.484 e. The second-order valence-corrected chi connectivity index (χ2v) is 7.98. The highest BCUT2D eigenvalue weighted by molar-refractivity contribution is 8.16. The lowest BCUT2D eigenvalue weighted by Gasteiger charge is -2.33. The van der Waals surface area contributed by atoms with E-state index in [0.717, 1.165) is 10.7 Å². The summed E-state index contributed by atoms with van der Waals surface area (Å²) in [6.45, 7) is 3.75. The molecule has 2 heterocycles. The molecule has 2 aliphatic rings. The van der Waals surface area contributed by atoms with Gasteiger partial charge in [0, 0.05) is 11.9 Å². The Hall–Kier alpha value is -3.52. The van der Waals surface area contributed by atoms with Crippen LogP contribution in [0.25, 0.3) is 0 Å². The molecule has 0 saturated carbocycles. The first-order valence-electron chi connectivity index (χ1n) is 10.2. The maximum atomic E-state index is 12.8. The Bertz CT molecular complexity index is 1110. The number of allylic oxidation sites excluding steroid dienone is 1. The van der Waals surface area contributed by atoms with Gasteiger partial charge in [-0.2, -0.15) is 0 Å². The van der Waals surface area contributed by atoms with Gasteiger partial charge in [0.25, 0.3) is 5.91 Å². The van der Waals surface area contributed by atoms with Gasteiger partial charge in [-0.3, -0.25) is 4.79 Å². The van der Waals surface area contributed by atoms with Crippen molar-refractivity contribution in [2.75, 3.05) is 18.5 Å². The number of carbonyl (C=O) groups excluding carboxylic acids is 2. The fraction of sp³-hybridized carbons (Fsp3) is 0.208. The second-order valence-electron chi connectivity index (χ2n) is 7.10. The molecule has 7 nitrogen and oxygen atoms in total. The lowest BCUT2D eigenvalue weighted by Crippen LogP contribution is -2.34. The third-order valence-electron chi connectivity index (χ3n) is 4.92. The van der Waals surface area contributed by atoms with Crippen molar-refractivity contribution >= 4 is 34.5 Å². The number of rotatable bonds is 7. The molecular formula is C24H23N3O4S. The van der Waals surface area contributed by atoms with Gasteiger partial charge in [0.1, 0.15) is 5.75 Å². The summed E-state index contributed by atoms with van der Waals surface area (Å²) in [7, 11) is 0. The number of esters is 1. The number of aliphatic imine (C=N–C) groups is 1. The van der Waals surface area contributed by atoms with Crippen LogP contribution in [0.3, 0.4) is 0 Å². The number of nitrogens with one attached hydrogen (secondary N) is 1. The standard InChI is InChI=1S/C24H23N3O4S/c1-3-30-23(29)21-16(2)25-24-27(12-13-32-24)22(21)17-8-7-11-19(14-17)31-15-20(28)26-18-9-5-4-6-10-18/h4-14,22H,3,15H2,1-2H3,(H,26,28)/t22-/m0/s1. The van der Waals surface area contributed by atoms with E-state index in [1.54, 1.807) is 13.0 Å². The fourth-order valence-corrected chi connectivity index (χ4v) is 4.33. The van der Waals surface area contributed by atoms with E-state index in [2.05, 4.69) is 10.3 Å². The SMILES string of the molecule is CCOC(=O)C1=C(C)N=C2SC=CN2[C@H]1c1cccc(OCC(=O)Nc2ccccc2)c1. The van der Waals surface area contributed by atoms with Crippen molar-refractivity contribution in [1.29, 1.82) is 0 Å². The first kappa shape index (κ1) is 21.7. The molecule has 1 atom stereocenters. The van der Waals surface area contributed by atoms with Crippen molar-refractivity contribution < 1.29 is 19.1 Å². The first-order valence-corrected chi connectivity index (χ1v) is 11.1. The lowest BCUT2D eigenvalue weighted by molar-refractivity contribution is -0.139. The van der Waals surface area contributed by atoms with Crippen molar-refractivity contribution in [3.05, 3.63) is 83.0 Å². The van der Waals surface area contributed by atoms with Gasteiger partial charge in [0.2, 0.25) is 0 Å². The molecule has 0 radical (unpaired) electrons. The van der Waals surface area contributed by atoms with Crippen LogP contribution in [-0.2, 0) is 14.3 Å². The summed E-state index contributed by atoms with van der Waals surface area (Å²) >= 11 is 1.50. The van der Waals surface area contributed by atoms with Crippen LogP contribution in [0, 0.1) is 0 Å². The van der Waals surface area contributed by atoms with Gasteiger partial charge in [-0.15, -0.1) is 0 Å². The van der Waals surface area contributed by atoms with E-state index in [1.165, 1.54) is 11.8 Å². The van der Waals surface area contributed by atoms with Crippen molar-refractivity contribution in [3.8, 4) is 5.75 Å². The molecule has 8 heteroatoms. The summed E-state index contributed by atoms with van der Waals surface area (Å²) in [4.78, 5) is 31.5. The second kappa shape index (κ2) is 9.74. The number of para-hydroxylation sites is 1. The zero-order valence-corrected chi connectivity index (χ0v) is 18.6. The summed E-state index contributed by atoms with van der Waals surface area (Å²) in [6.07, 6.45) is 1.90. The van der Waals surface area contributed by atoms with Crippen LogP contribution in [0.15, 0.2) is 82.5 Å². The zero-order chi connectivity index (χ0) is 22.5. The summed E-state index contributed by atoms with van der Waals surface area (Å²) in [5.41, 5.74) is 2.67. The molecule has 164 valence electrons. The molecule has 2 aromatic carbocycles. The Balaban J connectivity index is 1.54.